The number of aliphatic carboxylic acids is 1. The second-order valence-corrected chi connectivity index (χ2v) is 6.76. The zero-order valence-electron chi connectivity index (χ0n) is 12.1. The lowest BCUT2D eigenvalue weighted by molar-refractivity contribution is -0.136. The van der Waals surface area contributed by atoms with Gasteiger partial charge in [-0.25, -0.2) is 4.79 Å². The van der Waals surface area contributed by atoms with Crippen molar-refractivity contribution in [3.8, 4) is 0 Å². The number of fused-ring (bicyclic) bond motifs is 1. The van der Waals surface area contributed by atoms with E-state index in [1.807, 2.05) is 27.7 Å². The number of carbonyl (C=O) groups excluding carboxylic acids is 1. The lowest BCUT2D eigenvalue weighted by Gasteiger charge is -2.39. The number of ketones is 1. The Balaban J connectivity index is 2.40. The van der Waals surface area contributed by atoms with Crippen LogP contribution in [0.2, 0.25) is 0 Å². The minimum Gasteiger partial charge on any atom is -0.478 e. The Morgan fingerprint density at radius 2 is 2.00 bits per heavy atom. The van der Waals surface area contributed by atoms with E-state index in [0.29, 0.717) is 19.3 Å². The van der Waals surface area contributed by atoms with Crippen LogP contribution >= 0.6 is 0 Å². The van der Waals surface area contributed by atoms with Crippen molar-refractivity contribution in [3.63, 3.8) is 0 Å². The van der Waals surface area contributed by atoms with Gasteiger partial charge in [-0.2, -0.15) is 0 Å². The van der Waals surface area contributed by atoms with Crippen molar-refractivity contribution in [3.05, 3.63) is 11.1 Å². The standard InChI is InChI=1S/C15H22O4/c1-14(2,3)19-11-6-5-9-12(13(17)18)10(16)7-8-15(9,11)4/h11H,5-8H2,1-4H3,(H,17,18)/t11-,15-/m0/s1. The zero-order chi connectivity index (χ0) is 14.4. The SMILES string of the molecule is CC(C)(C)O[C@H]1CCC2=C(C(=O)O)C(=O)CC[C@@]21C. The van der Waals surface area contributed by atoms with Crippen LogP contribution in [-0.2, 0) is 14.3 Å². The maximum absolute atomic E-state index is 11.8. The normalized spacial score (nSPS) is 31.6. The predicted octanol–water partition coefficient (Wildman–Crippen LogP) is 2.71. The molecule has 0 saturated heterocycles. The summed E-state index contributed by atoms with van der Waals surface area (Å²) in [4.78, 5) is 23.2. The van der Waals surface area contributed by atoms with Crippen LogP contribution in [0.4, 0.5) is 0 Å². The van der Waals surface area contributed by atoms with Crippen LogP contribution < -0.4 is 0 Å². The first-order valence-corrected chi connectivity index (χ1v) is 6.83. The van der Waals surface area contributed by atoms with Gasteiger partial charge in [-0.1, -0.05) is 6.92 Å². The smallest absolute Gasteiger partial charge is 0.339 e. The number of ether oxygens (including phenoxy) is 1. The molecule has 2 rings (SSSR count). The molecule has 0 radical (unpaired) electrons. The third kappa shape index (κ3) is 2.46. The van der Waals surface area contributed by atoms with E-state index in [1.54, 1.807) is 0 Å². The zero-order valence-corrected chi connectivity index (χ0v) is 12.1. The predicted molar refractivity (Wildman–Crippen MR) is 70.9 cm³/mol. The summed E-state index contributed by atoms with van der Waals surface area (Å²) in [6, 6.07) is 0. The molecule has 2 atom stereocenters. The highest BCUT2D eigenvalue weighted by atomic mass is 16.5. The highest BCUT2D eigenvalue weighted by molar-refractivity contribution is 6.18. The van der Waals surface area contributed by atoms with E-state index >= 15 is 0 Å². The molecule has 0 unspecified atom stereocenters. The minimum atomic E-state index is -1.08. The molecule has 0 aromatic carbocycles. The van der Waals surface area contributed by atoms with Crippen molar-refractivity contribution < 1.29 is 19.4 Å². The molecule has 0 aliphatic heterocycles. The van der Waals surface area contributed by atoms with Crippen LogP contribution in [0.1, 0.15) is 53.4 Å². The topological polar surface area (TPSA) is 63.6 Å². The third-order valence-corrected chi connectivity index (χ3v) is 4.22. The molecule has 4 nitrogen and oxygen atoms in total. The number of hydrogen-bond donors (Lipinski definition) is 1. The summed E-state index contributed by atoms with van der Waals surface area (Å²) in [5, 5.41) is 9.27. The fourth-order valence-corrected chi connectivity index (χ4v) is 3.33. The van der Waals surface area contributed by atoms with Gasteiger partial charge in [0, 0.05) is 11.8 Å². The summed E-state index contributed by atoms with van der Waals surface area (Å²) in [5.41, 5.74) is 0.266. The summed E-state index contributed by atoms with van der Waals surface area (Å²) >= 11 is 0. The maximum atomic E-state index is 11.8. The fraction of sp³-hybridized carbons (Fsp3) is 0.733. The van der Waals surface area contributed by atoms with Crippen LogP contribution in [0.3, 0.4) is 0 Å². The lowest BCUT2D eigenvalue weighted by Crippen LogP contribution is -2.40. The average Bonchev–Trinajstić information content (AvgIpc) is 2.54. The summed E-state index contributed by atoms with van der Waals surface area (Å²) in [7, 11) is 0. The van der Waals surface area contributed by atoms with E-state index in [4.69, 9.17) is 4.74 Å². The molecule has 1 N–H and O–H groups in total. The molecule has 106 valence electrons. The summed E-state index contributed by atoms with van der Waals surface area (Å²) in [6.07, 6.45) is 2.47. The molecule has 2 aliphatic carbocycles. The Morgan fingerprint density at radius 1 is 1.37 bits per heavy atom. The summed E-state index contributed by atoms with van der Waals surface area (Å²) in [6.45, 7) is 8.06. The molecule has 0 amide bonds. The monoisotopic (exact) mass is 266 g/mol. The van der Waals surface area contributed by atoms with E-state index in [9.17, 15) is 14.7 Å². The van der Waals surface area contributed by atoms with Gasteiger partial charge < -0.3 is 9.84 Å². The van der Waals surface area contributed by atoms with Gasteiger partial charge in [-0.3, -0.25) is 4.79 Å². The van der Waals surface area contributed by atoms with E-state index in [1.165, 1.54) is 0 Å². The van der Waals surface area contributed by atoms with Crippen LogP contribution in [0.25, 0.3) is 0 Å². The van der Waals surface area contributed by atoms with Gasteiger partial charge in [0.1, 0.15) is 5.57 Å². The van der Waals surface area contributed by atoms with E-state index in [-0.39, 0.29) is 28.5 Å². The second kappa shape index (κ2) is 4.44. The van der Waals surface area contributed by atoms with Crippen LogP contribution in [-0.4, -0.2) is 28.6 Å². The molecule has 2 aliphatic rings. The van der Waals surface area contributed by atoms with Crippen LogP contribution in [0.15, 0.2) is 11.1 Å². The number of carboxylic acid groups (broad SMARTS) is 1. The Hall–Kier alpha value is -1.16. The van der Waals surface area contributed by atoms with Gasteiger partial charge in [0.05, 0.1) is 11.7 Å². The first-order chi connectivity index (χ1) is 8.65. The summed E-state index contributed by atoms with van der Waals surface area (Å²) < 4.78 is 6.10. The Morgan fingerprint density at radius 3 is 2.53 bits per heavy atom. The summed E-state index contributed by atoms with van der Waals surface area (Å²) in [5.74, 6) is -1.31. The molecule has 1 saturated carbocycles. The van der Waals surface area contributed by atoms with Crippen molar-refractivity contribution >= 4 is 11.8 Å². The number of rotatable bonds is 2. The van der Waals surface area contributed by atoms with Gasteiger partial charge in [0.15, 0.2) is 5.78 Å². The van der Waals surface area contributed by atoms with E-state index in [2.05, 4.69) is 0 Å². The lowest BCUT2D eigenvalue weighted by atomic mass is 9.71. The van der Waals surface area contributed by atoms with E-state index in [0.717, 1.165) is 12.0 Å². The first kappa shape index (κ1) is 14.3. The number of Topliss-reactive ketones (excluding diaryl/α,β-unsaturated/α-hetero) is 1. The number of carboxylic acids is 1. The molecule has 0 spiro atoms. The van der Waals surface area contributed by atoms with Gasteiger partial charge in [0.25, 0.3) is 0 Å². The quantitative estimate of drug-likeness (QED) is 0.780. The van der Waals surface area contributed by atoms with E-state index < -0.39 is 5.97 Å². The highest BCUT2D eigenvalue weighted by Crippen LogP contribution is 2.52. The highest BCUT2D eigenvalue weighted by Gasteiger charge is 2.50. The fourth-order valence-electron chi connectivity index (χ4n) is 3.33. The van der Waals surface area contributed by atoms with Crippen molar-refractivity contribution in [1.82, 2.24) is 0 Å². The van der Waals surface area contributed by atoms with Gasteiger partial charge in [0.2, 0.25) is 0 Å². The molecule has 0 aromatic rings. The first-order valence-electron chi connectivity index (χ1n) is 6.83. The van der Waals surface area contributed by atoms with Crippen molar-refractivity contribution in [2.75, 3.05) is 0 Å². The van der Waals surface area contributed by atoms with Crippen molar-refractivity contribution in [1.29, 1.82) is 0 Å². The molecular formula is C15H22O4. The third-order valence-electron chi connectivity index (χ3n) is 4.22. The van der Waals surface area contributed by atoms with Crippen molar-refractivity contribution in [2.45, 2.75) is 65.1 Å². The largest absolute Gasteiger partial charge is 0.478 e. The van der Waals surface area contributed by atoms with Crippen LogP contribution in [0.5, 0.6) is 0 Å². The molecule has 0 aromatic heterocycles. The molecule has 1 fully saturated rings. The van der Waals surface area contributed by atoms with Crippen molar-refractivity contribution in [2.24, 2.45) is 5.41 Å². The molecule has 4 heteroatoms. The molecule has 0 heterocycles. The Kier molecular flexibility index (Phi) is 3.33. The molecular weight excluding hydrogens is 244 g/mol. The molecule has 19 heavy (non-hydrogen) atoms. The number of carbonyl (C=O) groups is 2. The molecule has 0 bridgehead atoms. The van der Waals surface area contributed by atoms with Gasteiger partial charge in [-0.15, -0.1) is 0 Å². The minimum absolute atomic E-state index is 0.00458. The van der Waals surface area contributed by atoms with Gasteiger partial charge in [-0.05, 0) is 45.6 Å². The average molecular weight is 266 g/mol. The second-order valence-electron chi connectivity index (χ2n) is 6.76. The number of hydrogen-bond acceptors (Lipinski definition) is 3. The van der Waals surface area contributed by atoms with Crippen LogP contribution in [0, 0.1) is 5.41 Å². The Bertz CT molecular complexity index is 455. The van der Waals surface area contributed by atoms with Gasteiger partial charge >= 0.3 is 5.97 Å². The Labute approximate surface area is 113 Å². The maximum Gasteiger partial charge on any atom is 0.339 e.